The Morgan fingerprint density at radius 3 is 1.15 bits per heavy atom. The molecule has 0 spiro atoms. The van der Waals surface area contributed by atoms with Crippen molar-refractivity contribution in [3.63, 3.8) is 0 Å². The molecule has 278 valence electrons. The maximum absolute atomic E-state index is 11.4. The fourth-order valence-electron chi connectivity index (χ4n) is 1.10. The zero-order valence-corrected chi connectivity index (χ0v) is 38.5. The number of rotatable bonds is 15. The molecule has 1 amide bonds. The number of nitrogens with two attached hydrogens (primary N) is 1. The third-order valence-corrected chi connectivity index (χ3v) is 5.51. The summed E-state index contributed by atoms with van der Waals surface area (Å²) in [6.07, 6.45) is 15.5. The fourth-order valence-corrected chi connectivity index (χ4v) is 1.35. The molecule has 0 aromatic rings. The molecule has 2 atom stereocenters. The number of nitrogens with one attached hydrogen (secondary N) is 1. The Bertz CT molecular complexity index is 548. The number of carbonyl (C=O) groups excluding carboxylic acids is 2. The van der Waals surface area contributed by atoms with Crippen molar-refractivity contribution >= 4 is 84.2 Å². The topological polar surface area (TPSA) is 168 Å². The maximum Gasteiger partial charge on any atom is 0.320 e. The van der Waals surface area contributed by atoms with E-state index >= 15 is 0 Å². The third kappa shape index (κ3) is 90.3. The predicted molar refractivity (Wildman–Crippen MR) is 203 cm³/mol. The van der Waals surface area contributed by atoms with Crippen molar-refractivity contribution in [3.05, 3.63) is 0 Å². The van der Waals surface area contributed by atoms with Crippen LogP contribution in [0.4, 0.5) is 0 Å². The molecule has 2 unspecified atom stereocenters. The number of nitrogens with zero attached hydrogens (tertiary/aromatic N) is 1. The Kier molecular flexibility index (Phi) is 98.9. The third-order valence-electron chi connectivity index (χ3n) is 5.17. The zero-order chi connectivity index (χ0) is 36.2. The van der Waals surface area contributed by atoms with Gasteiger partial charge in [-0.15, -0.1) is 0 Å². The molecule has 0 aliphatic carbocycles. The van der Waals surface area contributed by atoms with E-state index in [9.17, 15) is 24.6 Å². The zero-order valence-electron chi connectivity index (χ0n) is 31.9. The number of hydrogen-bond donors (Lipinski definition) is 4. The van der Waals surface area contributed by atoms with Gasteiger partial charge in [0.1, 0.15) is 12.1 Å². The van der Waals surface area contributed by atoms with Crippen molar-refractivity contribution in [2.24, 2.45) is 10.7 Å². The van der Waals surface area contributed by atoms with Gasteiger partial charge in [-0.2, -0.15) is 12.6 Å². The van der Waals surface area contributed by atoms with Gasteiger partial charge in [0.05, 0.1) is 12.5 Å². The number of carboxylic acid groups (broad SMARTS) is 2. The number of amides is 1. The summed E-state index contributed by atoms with van der Waals surface area (Å²) >= 11 is 3.83. The van der Waals surface area contributed by atoms with Gasteiger partial charge in [0.2, 0.25) is 5.91 Å². The molecular formula is C34H75N3O6SSn2-2. The van der Waals surface area contributed by atoms with Crippen molar-refractivity contribution < 1.29 is 29.7 Å². The minimum atomic E-state index is -1.48. The number of carboxylic acids is 2. The molecule has 4 N–H and O–H groups in total. The van der Waals surface area contributed by atoms with E-state index in [0.717, 1.165) is 0 Å². The van der Waals surface area contributed by atoms with E-state index < -0.39 is 42.4 Å². The summed E-state index contributed by atoms with van der Waals surface area (Å²) in [5.41, 5.74) is 5.21. The summed E-state index contributed by atoms with van der Waals surface area (Å²) in [6.45, 7) is 25.5. The predicted octanol–water partition coefficient (Wildman–Crippen LogP) is 6.18. The van der Waals surface area contributed by atoms with Gasteiger partial charge in [0, 0.05) is 53.6 Å². The van der Waals surface area contributed by atoms with Crippen LogP contribution in [0.1, 0.15) is 173 Å². The summed E-state index contributed by atoms with van der Waals surface area (Å²) in [5, 5.41) is 32.1. The molecule has 12 heteroatoms. The molecule has 0 saturated carbocycles. The number of aliphatic carboxylic acids is 2. The average Bonchev–Trinajstić information content (AvgIpc) is 3.05. The Balaban J connectivity index is -0.0000000613. The van der Waals surface area contributed by atoms with Crippen LogP contribution in [0, 0.1) is 0 Å². The van der Waals surface area contributed by atoms with E-state index in [4.69, 9.17) is 10.8 Å². The van der Waals surface area contributed by atoms with Crippen LogP contribution >= 0.6 is 12.6 Å². The van der Waals surface area contributed by atoms with E-state index in [1.165, 1.54) is 77.0 Å². The monoisotopic (exact) mass is 893 g/mol. The van der Waals surface area contributed by atoms with Crippen molar-refractivity contribution in [1.29, 1.82) is 0 Å². The first-order valence-corrected chi connectivity index (χ1v) is 17.7. The second kappa shape index (κ2) is 67.0. The molecule has 9 nitrogen and oxygen atoms in total. The van der Waals surface area contributed by atoms with Gasteiger partial charge in [0.15, 0.2) is 0 Å². The van der Waals surface area contributed by atoms with Crippen LogP contribution in [-0.4, -0.2) is 101 Å². The molecule has 0 fully saturated rings. The number of unbranched alkanes of at least 4 members (excludes halogenated alkanes) is 6. The van der Waals surface area contributed by atoms with Gasteiger partial charge >= 0.3 is 5.97 Å². The number of hydrogen-bond acceptors (Lipinski definition) is 8. The first-order chi connectivity index (χ1) is 20.8. The van der Waals surface area contributed by atoms with E-state index in [0.29, 0.717) is 0 Å². The normalized spacial score (nSPS) is 10.2. The van der Waals surface area contributed by atoms with Crippen LogP contribution < -0.4 is 21.3 Å². The second-order valence-corrected chi connectivity index (χ2v) is 10.2. The number of carbonyl (C=O) groups is 3. The summed E-state index contributed by atoms with van der Waals surface area (Å²) in [6, 6.07) is -2.33. The van der Waals surface area contributed by atoms with Gasteiger partial charge in [-0.1, -0.05) is 160 Å². The Morgan fingerprint density at radius 2 is 0.957 bits per heavy atom. The van der Waals surface area contributed by atoms with Gasteiger partial charge in [-0.3, -0.25) is 14.6 Å². The molecule has 8 radical (unpaired) electrons. The molecular weight excluding hydrogens is 816 g/mol. The molecule has 46 heavy (non-hydrogen) atoms. The van der Waals surface area contributed by atoms with Crippen LogP contribution in [-0.2, 0) is 14.4 Å². The molecule has 0 rings (SSSR count). The molecule has 0 aromatic heterocycles. The van der Waals surface area contributed by atoms with Crippen molar-refractivity contribution in [2.75, 3.05) is 12.3 Å². The van der Waals surface area contributed by atoms with Crippen LogP contribution in [0.15, 0.2) is 4.99 Å². The summed E-state index contributed by atoms with van der Waals surface area (Å²) in [7, 11) is 0. The number of thiol groups is 1. The maximum atomic E-state index is 11.4. The molecule has 0 heterocycles. The van der Waals surface area contributed by atoms with Crippen LogP contribution in [0.25, 0.3) is 0 Å². The van der Waals surface area contributed by atoms with Crippen LogP contribution in [0.2, 0.25) is 0 Å². The van der Waals surface area contributed by atoms with Gasteiger partial charge < -0.3 is 31.2 Å². The minimum absolute atomic E-state index is 0. The smallest absolute Gasteiger partial charge is 0.320 e. The van der Waals surface area contributed by atoms with Crippen molar-refractivity contribution in [3.8, 4) is 0 Å². The summed E-state index contributed by atoms with van der Waals surface area (Å²) in [4.78, 5) is 35.6. The van der Waals surface area contributed by atoms with Gasteiger partial charge in [0.25, 0.3) is 0 Å². The summed E-state index contributed by atoms with van der Waals surface area (Å²) in [5.74, 6) is -4.30. The summed E-state index contributed by atoms with van der Waals surface area (Å²) < 4.78 is 0. The van der Waals surface area contributed by atoms with Gasteiger partial charge in [-0.05, 0) is 18.7 Å². The quantitative estimate of drug-likeness (QED) is 0.0660. The van der Waals surface area contributed by atoms with Crippen LogP contribution in [0.3, 0.4) is 0 Å². The molecule has 0 aliphatic heterocycles. The number of aliphatic imine (C=N–C) groups is 1. The first-order valence-electron chi connectivity index (χ1n) is 17.1. The molecule has 0 aromatic carbocycles. The standard InChI is InChI=1S/C10H17N3O6S.6C4H10.2Sn/c11-5(10(18)19)1-2-7(14)13-6(4-20)9(17)12-3-8(15)16;6*1-3-4-2;;/h5-6,20H,1-4,11H2,(H,12,17)(H,13,14)(H,15,16)(H,18,19);6*3-4H2,1-2H3;;/p-2. The van der Waals surface area contributed by atoms with E-state index in [1.807, 2.05) is 5.32 Å². The van der Waals surface area contributed by atoms with Crippen molar-refractivity contribution in [1.82, 2.24) is 5.32 Å². The molecule has 0 saturated heterocycles. The Hall–Kier alpha value is -0.213. The Labute approximate surface area is 325 Å². The van der Waals surface area contributed by atoms with Crippen LogP contribution in [0.5, 0.6) is 0 Å². The first kappa shape index (κ1) is 67.9. The molecule has 0 aliphatic rings. The van der Waals surface area contributed by atoms with E-state index in [-0.39, 0.29) is 66.4 Å². The largest absolute Gasteiger partial charge is 0.862 e. The average molecular weight is 891 g/mol. The Morgan fingerprint density at radius 1 is 0.674 bits per heavy atom. The fraction of sp³-hybridized carbons (Fsp3) is 0.882. The SMILES string of the molecule is CCCC.CCCC.CCCC.CCCC.CCCC.CCCC.NC(CCC([O-])=NC(CS)C(=O)NCC(=O)[O-])C(=O)O.[Sn].[Sn]. The second-order valence-electron chi connectivity index (χ2n) is 9.79. The van der Waals surface area contributed by atoms with E-state index in [2.05, 4.69) is 101 Å². The van der Waals surface area contributed by atoms with E-state index in [1.54, 1.807) is 0 Å². The van der Waals surface area contributed by atoms with Crippen molar-refractivity contribution in [2.45, 2.75) is 185 Å². The minimum Gasteiger partial charge on any atom is -0.862 e. The van der Waals surface area contributed by atoms with Gasteiger partial charge in [-0.25, -0.2) is 0 Å². The molecule has 0 bridgehead atoms.